The first kappa shape index (κ1) is 28.3. The summed E-state index contributed by atoms with van der Waals surface area (Å²) in [4.78, 5) is 15.9. The van der Waals surface area contributed by atoms with E-state index in [2.05, 4.69) is 49.8 Å². The normalized spacial score (nSPS) is 18.9. The van der Waals surface area contributed by atoms with E-state index >= 15 is 0 Å². The highest BCUT2D eigenvalue weighted by molar-refractivity contribution is 9.10. The van der Waals surface area contributed by atoms with Crippen molar-refractivity contribution in [3.8, 4) is 11.5 Å². The average molecular weight is 636 g/mol. The fourth-order valence-corrected chi connectivity index (χ4v) is 7.81. The van der Waals surface area contributed by atoms with Crippen LogP contribution in [0, 0.1) is 0 Å². The van der Waals surface area contributed by atoms with Crippen molar-refractivity contribution in [1.82, 2.24) is 9.21 Å². The van der Waals surface area contributed by atoms with Gasteiger partial charge in [0.1, 0.15) is 13.2 Å². The highest BCUT2D eigenvalue weighted by atomic mass is 79.9. The molecule has 0 aromatic heterocycles. The highest BCUT2D eigenvalue weighted by Crippen LogP contribution is 2.41. The summed E-state index contributed by atoms with van der Waals surface area (Å²) in [6.07, 6.45) is -0.721. The maximum Gasteiger partial charge on any atom is 0.255 e. The monoisotopic (exact) mass is 634 g/mol. The Bertz CT molecular complexity index is 1420. The molecule has 0 saturated carbocycles. The Hall–Kier alpha value is -2.18. The number of amides is 1. The van der Waals surface area contributed by atoms with Crippen molar-refractivity contribution in [2.24, 2.45) is 0 Å². The summed E-state index contributed by atoms with van der Waals surface area (Å²) in [7, 11) is -6.01. The molecule has 8 nitrogen and oxygen atoms in total. The summed E-state index contributed by atoms with van der Waals surface area (Å²) < 4.78 is 47.1. The molecule has 0 fully saturated rings. The molecule has 11 heteroatoms. The van der Waals surface area contributed by atoms with Crippen molar-refractivity contribution in [2.45, 2.75) is 49.9 Å². The molecule has 0 radical (unpaired) electrons. The minimum Gasteiger partial charge on any atom is -0.486 e. The van der Waals surface area contributed by atoms with Crippen LogP contribution in [0.4, 0.5) is 0 Å². The predicted molar refractivity (Wildman–Crippen MR) is 155 cm³/mol. The first-order valence-electron chi connectivity index (χ1n) is 13.1. The minimum absolute atomic E-state index is 0.0642. The number of ether oxygens (including phenoxy) is 2. The summed E-state index contributed by atoms with van der Waals surface area (Å²) in [5, 5.41) is -0.0642. The number of halogens is 1. The Labute approximate surface area is 240 Å². The first-order chi connectivity index (χ1) is 18.3. The van der Waals surface area contributed by atoms with Crippen molar-refractivity contribution in [2.75, 3.05) is 39.4 Å². The molecule has 0 spiro atoms. The molecule has 0 N–H and O–H groups in total. The lowest BCUT2D eigenvalue weighted by Crippen LogP contribution is -2.46. The molecule has 2 aromatic carbocycles. The number of hydrogen-bond donors (Lipinski definition) is 0. The number of benzene rings is 2. The van der Waals surface area contributed by atoms with Gasteiger partial charge in [0.25, 0.3) is 5.91 Å². The molecule has 1 unspecified atom stereocenters. The van der Waals surface area contributed by atoms with Crippen LogP contribution in [0.25, 0.3) is 0 Å². The van der Waals surface area contributed by atoms with E-state index in [0.29, 0.717) is 37.8 Å². The van der Waals surface area contributed by atoms with Gasteiger partial charge in [0.2, 0.25) is 10.0 Å². The van der Waals surface area contributed by atoms with Crippen LogP contribution in [0.5, 0.6) is 11.5 Å². The van der Waals surface area contributed by atoms with E-state index in [0.717, 1.165) is 21.2 Å². The number of fused-ring (bicyclic) bond motifs is 1. The third-order valence-corrected chi connectivity index (χ3v) is 14.8. The molecule has 3 heterocycles. The fourth-order valence-electron chi connectivity index (χ4n) is 4.77. The van der Waals surface area contributed by atoms with Gasteiger partial charge in [-0.15, -0.1) is 0 Å². The van der Waals surface area contributed by atoms with Gasteiger partial charge in [-0.05, 0) is 59.1 Å². The lowest BCUT2D eigenvalue weighted by atomic mass is 10.1. The van der Waals surface area contributed by atoms with Crippen LogP contribution in [0.2, 0.25) is 18.1 Å². The Balaban J connectivity index is 1.31. The molecule has 0 bridgehead atoms. The van der Waals surface area contributed by atoms with E-state index in [1.54, 1.807) is 17.0 Å². The number of sulfonamides is 1. The molecule has 1 amide bonds. The molecule has 3 aliphatic heterocycles. The van der Waals surface area contributed by atoms with Gasteiger partial charge in [-0.2, -0.15) is 4.31 Å². The molecule has 210 valence electrons. The number of rotatable bonds is 6. The van der Waals surface area contributed by atoms with E-state index in [4.69, 9.17) is 13.9 Å². The van der Waals surface area contributed by atoms with Crippen molar-refractivity contribution in [3.05, 3.63) is 63.6 Å². The van der Waals surface area contributed by atoms with Gasteiger partial charge in [-0.3, -0.25) is 4.79 Å². The van der Waals surface area contributed by atoms with Gasteiger partial charge in [-0.25, -0.2) is 8.42 Å². The second-order valence-corrected chi connectivity index (χ2v) is 19.4. The van der Waals surface area contributed by atoms with E-state index in [9.17, 15) is 13.2 Å². The zero-order valence-corrected chi connectivity index (χ0v) is 26.4. The Kier molecular flexibility index (Phi) is 7.51. The lowest BCUT2D eigenvalue weighted by molar-refractivity contribution is -0.138. The van der Waals surface area contributed by atoms with Crippen molar-refractivity contribution >= 4 is 40.2 Å². The van der Waals surface area contributed by atoms with Crippen LogP contribution in [0.1, 0.15) is 32.4 Å². The van der Waals surface area contributed by atoms with E-state index < -0.39 is 24.4 Å². The van der Waals surface area contributed by atoms with E-state index in [-0.39, 0.29) is 28.9 Å². The maximum absolute atomic E-state index is 14.0. The summed E-state index contributed by atoms with van der Waals surface area (Å²) in [6.45, 7) is 12.9. The molecule has 1 atom stereocenters. The van der Waals surface area contributed by atoms with Crippen LogP contribution in [0.3, 0.4) is 0 Å². The molecule has 3 aliphatic rings. The fraction of sp³-hybridized carbons (Fsp3) is 0.464. The minimum atomic E-state index is -3.73. The summed E-state index contributed by atoms with van der Waals surface area (Å²) in [5.41, 5.74) is 2.77. The smallest absolute Gasteiger partial charge is 0.255 e. The summed E-state index contributed by atoms with van der Waals surface area (Å²) in [5.74, 6) is 0.906. The molecule has 0 aliphatic carbocycles. The van der Waals surface area contributed by atoms with Gasteiger partial charge in [0, 0.05) is 36.7 Å². The van der Waals surface area contributed by atoms with Crippen LogP contribution in [-0.4, -0.2) is 71.2 Å². The molecule has 0 saturated heterocycles. The second kappa shape index (κ2) is 10.3. The number of hydrogen-bond acceptors (Lipinski definition) is 6. The Morgan fingerprint density at radius 1 is 0.974 bits per heavy atom. The van der Waals surface area contributed by atoms with E-state index in [1.165, 1.54) is 10.4 Å². The van der Waals surface area contributed by atoms with Crippen LogP contribution in [0.15, 0.2) is 63.0 Å². The van der Waals surface area contributed by atoms with Crippen molar-refractivity contribution < 1.29 is 27.1 Å². The van der Waals surface area contributed by atoms with Crippen molar-refractivity contribution in [3.63, 3.8) is 0 Å². The lowest BCUT2D eigenvalue weighted by Gasteiger charge is -2.40. The van der Waals surface area contributed by atoms with Crippen LogP contribution >= 0.6 is 15.9 Å². The standard InChI is InChI=1S/C28H35BrN2O6SSi/c1-28(2,3)39(4,5)37-26(19-7-6-8-22(29)13-19)27(32)30-15-20-17-31(18-21(20)16-30)38(33,34)23-9-10-24-25(14-23)36-12-11-35-24/h6-10,13-14,26H,11-12,15-18H2,1-5H3. The summed E-state index contributed by atoms with van der Waals surface area (Å²) in [6, 6.07) is 12.4. The Morgan fingerprint density at radius 3 is 2.23 bits per heavy atom. The maximum atomic E-state index is 14.0. The molecule has 39 heavy (non-hydrogen) atoms. The van der Waals surface area contributed by atoms with Gasteiger partial charge >= 0.3 is 0 Å². The first-order valence-corrected chi connectivity index (χ1v) is 18.2. The highest BCUT2D eigenvalue weighted by Gasteiger charge is 2.44. The second-order valence-electron chi connectivity index (χ2n) is 11.8. The predicted octanol–water partition coefficient (Wildman–Crippen LogP) is 5.13. The molecular weight excluding hydrogens is 600 g/mol. The average Bonchev–Trinajstić information content (AvgIpc) is 3.46. The van der Waals surface area contributed by atoms with Gasteiger partial charge < -0.3 is 18.8 Å². The summed E-state index contributed by atoms with van der Waals surface area (Å²) >= 11 is 3.53. The zero-order valence-electron chi connectivity index (χ0n) is 23.0. The Morgan fingerprint density at radius 2 is 1.62 bits per heavy atom. The molecule has 5 rings (SSSR count). The van der Waals surface area contributed by atoms with Gasteiger partial charge in [0.15, 0.2) is 25.9 Å². The largest absolute Gasteiger partial charge is 0.486 e. The van der Waals surface area contributed by atoms with E-state index in [1.807, 2.05) is 24.3 Å². The quantitative estimate of drug-likeness (QED) is 0.324. The topological polar surface area (TPSA) is 85.4 Å². The van der Waals surface area contributed by atoms with Crippen LogP contribution < -0.4 is 9.47 Å². The third kappa shape index (κ3) is 5.56. The zero-order chi connectivity index (χ0) is 28.2. The van der Waals surface area contributed by atoms with Crippen molar-refractivity contribution in [1.29, 1.82) is 0 Å². The number of nitrogens with zero attached hydrogens (tertiary/aromatic N) is 2. The number of carbonyl (C=O) groups is 1. The molecule has 2 aromatic rings. The number of carbonyl (C=O) groups excluding carboxylic acids is 1. The SMILES string of the molecule is CC(C)(C)[Si](C)(C)OC(C(=O)N1CC2=C(C1)CN(S(=O)(=O)c1ccc3c(c1)OCCO3)C2)c1cccc(Br)c1. The van der Waals surface area contributed by atoms with Crippen LogP contribution in [-0.2, 0) is 19.2 Å². The third-order valence-electron chi connectivity index (χ3n) is 8.06. The van der Waals surface area contributed by atoms with Gasteiger partial charge in [0.05, 0.1) is 4.90 Å². The van der Waals surface area contributed by atoms with Gasteiger partial charge in [-0.1, -0.05) is 48.8 Å². The molecular formula is C28H35BrN2O6SSi.